The summed E-state index contributed by atoms with van der Waals surface area (Å²) in [6.07, 6.45) is -3.07. The van der Waals surface area contributed by atoms with Crippen molar-refractivity contribution in [3.63, 3.8) is 0 Å². The number of allylic oxidation sites excluding steroid dienone is 1. The molecule has 0 aliphatic carbocycles. The summed E-state index contributed by atoms with van der Waals surface area (Å²) >= 11 is 0. The summed E-state index contributed by atoms with van der Waals surface area (Å²) in [6.45, 7) is 6.00. The van der Waals surface area contributed by atoms with E-state index in [1.807, 2.05) is 12.2 Å². The number of hydrogen-bond acceptors (Lipinski definition) is 3. The van der Waals surface area contributed by atoms with Crippen LogP contribution in [0.1, 0.15) is 59.8 Å². The van der Waals surface area contributed by atoms with E-state index in [-0.39, 0.29) is 18.7 Å². The van der Waals surface area contributed by atoms with Gasteiger partial charge in [-0.15, -0.1) is 0 Å². The van der Waals surface area contributed by atoms with Crippen LogP contribution in [0.5, 0.6) is 0 Å². The fourth-order valence-electron chi connectivity index (χ4n) is 3.03. The highest BCUT2D eigenvalue weighted by Gasteiger charge is 2.69. The monoisotopic (exact) mass is 362 g/mol. The third-order valence-corrected chi connectivity index (χ3v) is 4.30. The highest BCUT2D eigenvalue weighted by molar-refractivity contribution is 6.11. The highest BCUT2D eigenvalue weighted by Crippen LogP contribution is 2.45. The predicted molar refractivity (Wildman–Crippen MR) is 86.5 cm³/mol. The lowest BCUT2D eigenvalue weighted by atomic mass is 9.86. The summed E-state index contributed by atoms with van der Waals surface area (Å²) in [6, 6.07) is 0. The number of rotatable bonds is 8. The molecule has 0 aromatic carbocycles. The standard InChI is InChI=1S/C17H25F3N2O3/c1-5-7-9-13(24)21-16(17(18,19)20)14(12(4)23)11(3)22(15(16)25)10-8-6-2/h5-10H2,1-4H3,(H,21,24). The maximum atomic E-state index is 14.0. The number of unbranched alkanes of at least 4 members (excludes halogenated alkanes) is 2. The Labute approximate surface area is 145 Å². The van der Waals surface area contributed by atoms with Crippen molar-refractivity contribution in [1.29, 1.82) is 0 Å². The summed E-state index contributed by atoms with van der Waals surface area (Å²) in [7, 11) is 0. The molecular formula is C17H25F3N2O3. The quantitative estimate of drug-likeness (QED) is 0.722. The molecule has 0 saturated carbocycles. The summed E-state index contributed by atoms with van der Waals surface area (Å²) in [5, 5.41) is 1.85. The van der Waals surface area contributed by atoms with E-state index in [4.69, 9.17) is 0 Å². The molecule has 2 amide bonds. The molecule has 1 unspecified atom stereocenters. The second-order valence-corrected chi connectivity index (χ2v) is 6.23. The Hall–Kier alpha value is -1.86. The number of alkyl halides is 3. The van der Waals surface area contributed by atoms with Gasteiger partial charge in [0.25, 0.3) is 5.91 Å². The molecule has 0 radical (unpaired) electrons. The van der Waals surface area contributed by atoms with E-state index in [1.165, 1.54) is 6.92 Å². The fourth-order valence-corrected chi connectivity index (χ4v) is 3.03. The van der Waals surface area contributed by atoms with Gasteiger partial charge < -0.3 is 10.2 Å². The Morgan fingerprint density at radius 2 is 1.72 bits per heavy atom. The molecule has 0 spiro atoms. The van der Waals surface area contributed by atoms with Crippen molar-refractivity contribution in [2.75, 3.05) is 6.54 Å². The number of carbonyl (C=O) groups is 3. The lowest BCUT2D eigenvalue weighted by Crippen LogP contribution is -2.66. The van der Waals surface area contributed by atoms with E-state index in [2.05, 4.69) is 0 Å². The minimum absolute atomic E-state index is 0.0425. The van der Waals surface area contributed by atoms with Gasteiger partial charge >= 0.3 is 6.18 Å². The Morgan fingerprint density at radius 1 is 1.16 bits per heavy atom. The van der Waals surface area contributed by atoms with Crippen LogP contribution < -0.4 is 5.32 Å². The average Bonchev–Trinajstić information content (AvgIpc) is 2.71. The maximum Gasteiger partial charge on any atom is 0.425 e. The van der Waals surface area contributed by atoms with Gasteiger partial charge in [0.2, 0.25) is 11.4 Å². The number of halogens is 3. The van der Waals surface area contributed by atoms with Crippen molar-refractivity contribution >= 4 is 17.6 Å². The van der Waals surface area contributed by atoms with Crippen LogP contribution in [-0.4, -0.2) is 40.8 Å². The smallest absolute Gasteiger partial charge is 0.330 e. The second-order valence-electron chi connectivity index (χ2n) is 6.23. The third kappa shape index (κ3) is 3.88. The van der Waals surface area contributed by atoms with Gasteiger partial charge in [-0.3, -0.25) is 14.4 Å². The van der Waals surface area contributed by atoms with Crippen LogP contribution in [-0.2, 0) is 14.4 Å². The minimum atomic E-state index is -5.12. The predicted octanol–water partition coefficient (Wildman–Crippen LogP) is 3.10. The number of nitrogens with zero attached hydrogens (tertiary/aromatic N) is 1. The molecule has 25 heavy (non-hydrogen) atoms. The number of carbonyl (C=O) groups excluding carboxylic acids is 3. The highest BCUT2D eigenvalue weighted by atomic mass is 19.4. The van der Waals surface area contributed by atoms with Crippen LogP contribution in [0.4, 0.5) is 13.2 Å². The van der Waals surface area contributed by atoms with Crippen molar-refractivity contribution < 1.29 is 27.6 Å². The molecular weight excluding hydrogens is 337 g/mol. The van der Waals surface area contributed by atoms with E-state index in [1.54, 1.807) is 6.92 Å². The Kier molecular flexibility index (Phi) is 6.79. The van der Waals surface area contributed by atoms with Crippen LogP contribution in [0.3, 0.4) is 0 Å². The zero-order valence-electron chi connectivity index (χ0n) is 15.0. The molecule has 8 heteroatoms. The van der Waals surface area contributed by atoms with Crippen LogP contribution in [0.2, 0.25) is 0 Å². The molecule has 0 aromatic heterocycles. The van der Waals surface area contributed by atoms with Crippen LogP contribution in [0.15, 0.2) is 11.3 Å². The van der Waals surface area contributed by atoms with E-state index in [0.717, 1.165) is 11.8 Å². The SMILES string of the molecule is CCCCC(=O)NC1(C(F)(F)F)C(=O)N(CCCC)C(C)=C1C(C)=O. The molecule has 1 rings (SSSR count). The molecule has 1 aliphatic heterocycles. The summed E-state index contributed by atoms with van der Waals surface area (Å²) < 4.78 is 41.9. The maximum absolute atomic E-state index is 14.0. The van der Waals surface area contributed by atoms with Gasteiger partial charge in [0.1, 0.15) is 0 Å². The van der Waals surface area contributed by atoms with E-state index >= 15 is 0 Å². The van der Waals surface area contributed by atoms with Crippen molar-refractivity contribution in [2.45, 2.75) is 71.5 Å². The molecule has 0 bridgehead atoms. The second kappa shape index (κ2) is 8.01. The number of Topliss-reactive ketones (excluding diaryl/α,β-unsaturated/α-hetero) is 1. The van der Waals surface area contributed by atoms with Crippen molar-refractivity contribution in [3.05, 3.63) is 11.3 Å². The number of ketones is 1. The zero-order valence-corrected chi connectivity index (χ0v) is 15.0. The van der Waals surface area contributed by atoms with Gasteiger partial charge in [0.15, 0.2) is 5.78 Å². The summed E-state index contributed by atoms with van der Waals surface area (Å²) in [5.41, 5.74) is -4.02. The Balaban J connectivity index is 3.44. The van der Waals surface area contributed by atoms with Crippen LogP contribution in [0.25, 0.3) is 0 Å². The van der Waals surface area contributed by atoms with Gasteiger partial charge in [-0.05, 0) is 26.7 Å². The fraction of sp³-hybridized carbons (Fsp3) is 0.706. The van der Waals surface area contributed by atoms with Gasteiger partial charge in [-0.2, -0.15) is 13.2 Å². The first kappa shape index (κ1) is 21.2. The first-order chi connectivity index (χ1) is 11.5. The zero-order chi connectivity index (χ0) is 19.4. The first-order valence-electron chi connectivity index (χ1n) is 8.46. The van der Waals surface area contributed by atoms with Gasteiger partial charge in [-0.1, -0.05) is 26.7 Å². The normalized spacial score (nSPS) is 21.1. The minimum Gasteiger partial charge on any atom is -0.330 e. The average molecular weight is 362 g/mol. The topological polar surface area (TPSA) is 66.5 Å². The molecule has 1 N–H and O–H groups in total. The van der Waals surface area contributed by atoms with Crippen LogP contribution >= 0.6 is 0 Å². The molecule has 0 saturated heterocycles. The Bertz CT molecular complexity index is 584. The molecule has 142 valence electrons. The Morgan fingerprint density at radius 3 is 2.16 bits per heavy atom. The van der Waals surface area contributed by atoms with Crippen molar-refractivity contribution in [3.8, 4) is 0 Å². The van der Waals surface area contributed by atoms with Gasteiger partial charge in [0.05, 0.1) is 5.57 Å². The van der Waals surface area contributed by atoms with E-state index in [9.17, 15) is 27.6 Å². The summed E-state index contributed by atoms with van der Waals surface area (Å²) in [5.74, 6) is -3.07. The lowest BCUT2D eigenvalue weighted by Gasteiger charge is -2.33. The number of hydrogen-bond donors (Lipinski definition) is 1. The van der Waals surface area contributed by atoms with E-state index in [0.29, 0.717) is 25.7 Å². The molecule has 1 atom stereocenters. The third-order valence-electron chi connectivity index (χ3n) is 4.30. The number of amides is 2. The van der Waals surface area contributed by atoms with Crippen LogP contribution in [0, 0.1) is 0 Å². The van der Waals surface area contributed by atoms with E-state index < -0.39 is 34.9 Å². The van der Waals surface area contributed by atoms with Crippen molar-refractivity contribution in [2.24, 2.45) is 0 Å². The summed E-state index contributed by atoms with van der Waals surface area (Å²) in [4.78, 5) is 37.7. The number of nitrogens with one attached hydrogen (secondary N) is 1. The molecule has 1 aliphatic rings. The molecule has 5 nitrogen and oxygen atoms in total. The van der Waals surface area contributed by atoms with Gasteiger partial charge in [0, 0.05) is 18.7 Å². The first-order valence-corrected chi connectivity index (χ1v) is 8.46. The lowest BCUT2D eigenvalue weighted by molar-refractivity contribution is -0.194. The van der Waals surface area contributed by atoms with Crippen molar-refractivity contribution in [1.82, 2.24) is 10.2 Å². The largest absolute Gasteiger partial charge is 0.425 e. The molecule has 0 aromatic rings. The molecule has 1 heterocycles. The van der Waals surface area contributed by atoms with Gasteiger partial charge in [-0.25, -0.2) is 0 Å². The molecule has 0 fully saturated rings.